The summed E-state index contributed by atoms with van der Waals surface area (Å²) in [6.07, 6.45) is -1.22. The molecular weight excluding hydrogens is 221 g/mol. The minimum atomic E-state index is -4.21. The fourth-order valence-electron chi connectivity index (χ4n) is 1.64. The summed E-state index contributed by atoms with van der Waals surface area (Å²) in [5.41, 5.74) is 5.46. The summed E-state index contributed by atoms with van der Waals surface area (Å²) in [5.74, 6) is 0. The van der Waals surface area contributed by atoms with Crippen LogP contribution >= 0.6 is 0 Å². The molecule has 1 saturated carbocycles. The first-order valence-electron chi connectivity index (χ1n) is 5.61. The Labute approximate surface area is 93.7 Å². The van der Waals surface area contributed by atoms with E-state index in [-0.39, 0.29) is 6.61 Å². The van der Waals surface area contributed by atoms with E-state index >= 15 is 0 Å². The maximum atomic E-state index is 11.7. The van der Waals surface area contributed by atoms with Crippen LogP contribution in [0.2, 0.25) is 0 Å². The molecule has 0 saturated heterocycles. The van der Waals surface area contributed by atoms with Gasteiger partial charge in [0.1, 0.15) is 6.61 Å². The highest BCUT2D eigenvalue weighted by molar-refractivity contribution is 4.84. The Bertz CT molecular complexity index is 195. The highest BCUT2D eigenvalue weighted by Crippen LogP contribution is 2.26. The molecule has 1 aliphatic carbocycles. The summed E-state index contributed by atoms with van der Waals surface area (Å²) in [7, 11) is 0. The fourth-order valence-corrected chi connectivity index (χ4v) is 1.64. The maximum Gasteiger partial charge on any atom is 0.411 e. The van der Waals surface area contributed by atoms with Gasteiger partial charge in [-0.05, 0) is 19.3 Å². The second-order valence-corrected chi connectivity index (χ2v) is 4.08. The molecule has 1 aliphatic rings. The molecule has 2 N–H and O–H groups in total. The number of nitrogens with two attached hydrogens (primary N) is 1. The molecule has 3 nitrogen and oxygen atoms in total. The summed E-state index contributed by atoms with van der Waals surface area (Å²) in [4.78, 5) is 2.23. The normalized spacial score (nSPS) is 17.1. The fraction of sp³-hybridized carbons (Fsp3) is 1.00. The Morgan fingerprint density at radius 1 is 1.25 bits per heavy atom. The number of alkyl halides is 3. The minimum absolute atomic E-state index is 0.160. The zero-order valence-corrected chi connectivity index (χ0v) is 9.30. The first kappa shape index (κ1) is 13.7. The van der Waals surface area contributed by atoms with Crippen LogP contribution in [-0.2, 0) is 4.74 Å². The van der Waals surface area contributed by atoms with Crippen LogP contribution in [0.1, 0.15) is 19.3 Å². The van der Waals surface area contributed by atoms with Crippen molar-refractivity contribution in [3.8, 4) is 0 Å². The van der Waals surface area contributed by atoms with Crippen LogP contribution in [0.3, 0.4) is 0 Å². The van der Waals surface area contributed by atoms with Gasteiger partial charge in [0.25, 0.3) is 0 Å². The molecule has 0 aromatic rings. The molecule has 16 heavy (non-hydrogen) atoms. The minimum Gasteiger partial charge on any atom is -0.372 e. The Kier molecular flexibility index (Phi) is 5.51. The largest absolute Gasteiger partial charge is 0.411 e. The average Bonchev–Trinajstić information content (AvgIpc) is 2.97. The molecule has 6 heteroatoms. The summed E-state index contributed by atoms with van der Waals surface area (Å²) in [6, 6.07) is 0.603. The Morgan fingerprint density at radius 2 is 1.94 bits per heavy atom. The van der Waals surface area contributed by atoms with Crippen molar-refractivity contribution in [1.82, 2.24) is 4.90 Å². The number of rotatable bonds is 8. The van der Waals surface area contributed by atoms with Crippen LogP contribution in [0.5, 0.6) is 0 Å². The van der Waals surface area contributed by atoms with Gasteiger partial charge in [-0.25, -0.2) is 0 Å². The molecule has 0 aliphatic heterocycles. The third kappa shape index (κ3) is 6.30. The first-order valence-corrected chi connectivity index (χ1v) is 5.61. The van der Waals surface area contributed by atoms with Gasteiger partial charge in [-0.3, -0.25) is 4.90 Å². The van der Waals surface area contributed by atoms with Crippen molar-refractivity contribution in [2.45, 2.75) is 31.5 Å². The van der Waals surface area contributed by atoms with Crippen molar-refractivity contribution in [3.63, 3.8) is 0 Å². The lowest BCUT2D eigenvalue weighted by Gasteiger charge is -2.20. The van der Waals surface area contributed by atoms with Crippen LogP contribution in [0.25, 0.3) is 0 Å². The van der Waals surface area contributed by atoms with Crippen molar-refractivity contribution in [2.75, 3.05) is 32.8 Å². The summed E-state index contributed by atoms with van der Waals surface area (Å²) >= 11 is 0. The van der Waals surface area contributed by atoms with Crippen LogP contribution in [-0.4, -0.2) is 50.0 Å². The predicted octanol–water partition coefficient (Wildman–Crippen LogP) is 1.38. The van der Waals surface area contributed by atoms with Crippen molar-refractivity contribution in [3.05, 3.63) is 0 Å². The molecule has 96 valence electrons. The van der Waals surface area contributed by atoms with Gasteiger partial charge < -0.3 is 10.5 Å². The molecule has 1 rings (SSSR count). The first-order chi connectivity index (χ1) is 7.53. The monoisotopic (exact) mass is 240 g/mol. The number of nitrogens with zero attached hydrogens (tertiary/aromatic N) is 1. The van der Waals surface area contributed by atoms with E-state index in [1.807, 2.05) is 0 Å². The van der Waals surface area contributed by atoms with E-state index in [1.165, 1.54) is 12.8 Å². The molecular formula is C10H19F3N2O. The summed E-state index contributed by atoms with van der Waals surface area (Å²) in [6.45, 7) is 1.21. The standard InChI is InChI=1S/C10H19F3N2O/c11-10(12,13)8-16-7-1-5-15(6-4-14)9-2-3-9/h9H,1-8,14H2. The maximum absolute atomic E-state index is 11.7. The average molecular weight is 240 g/mol. The second kappa shape index (κ2) is 6.42. The van der Waals surface area contributed by atoms with Crippen LogP contribution in [0, 0.1) is 0 Å². The molecule has 0 aromatic heterocycles. The van der Waals surface area contributed by atoms with Crippen LogP contribution in [0.4, 0.5) is 13.2 Å². The molecule has 0 heterocycles. The van der Waals surface area contributed by atoms with Gasteiger partial charge in [-0.1, -0.05) is 0 Å². The number of hydrogen-bond acceptors (Lipinski definition) is 3. The smallest absolute Gasteiger partial charge is 0.372 e. The molecule has 0 aromatic carbocycles. The predicted molar refractivity (Wildman–Crippen MR) is 55.1 cm³/mol. The lowest BCUT2D eigenvalue weighted by atomic mass is 10.3. The SMILES string of the molecule is NCCN(CCCOCC(F)(F)F)C1CC1. The van der Waals surface area contributed by atoms with Crippen molar-refractivity contribution in [2.24, 2.45) is 5.73 Å². The van der Waals surface area contributed by atoms with Crippen molar-refractivity contribution in [1.29, 1.82) is 0 Å². The lowest BCUT2D eigenvalue weighted by molar-refractivity contribution is -0.174. The highest BCUT2D eigenvalue weighted by Gasteiger charge is 2.29. The van der Waals surface area contributed by atoms with Gasteiger partial charge in [-0.15, -0.1) is 0 Å². The van der Waals surface area contributed by atoms with E-state index in [1.54, 1.807) is 0 Å². The van der Waals surface area contributed by atoms with Crippen molar-refractivity contribution >= 4 is 0 Å². The zero-order chi connectivity index (χ0) is 12.0. The highest BCUT2D eigenvalue weighted by atomic mass is 19.4. The van der Waals surface area contributed by atoms with E-state index < -0.39 is 12.8 Å². The molecule has 0 spiro atoms. The number of hydrogen-bond donors (Lipinski definition) is 1. The third-order valence-corrected chi connectivity index (χ3v) is 2.48. The molecule has 0 atom stereocenters. The topological polar surface area (TPSA) is 38.5 Å². The van der Waals surface area contributed by atoms with E-state index in [9.17, 15) is 13.2 Å². The quantitative estimate of drug-likeness (QED) is 0.651. The number of ether oxygens (including phenoxy) is 1. The summed E-state index contributed by atoms with van der Waals surface area (Å²) < 4.78 is 39.8. The molecule has 0 unspecified atom stereocenters. The third-order valence-electron chi connectivity index (χ3n) is 2.48. The Morgan fingerprint density at radius 3 is 2.44 bits per heavy atom. The van der Waals surface area contributed by atoms with Gasteiger partial charge in [-0.2, -0.15) is 13.2 Å². The van der Waals surface area contributed by atoms with E-state index in [2.05, 4.69) is 9.64 Å². The van der Waals surface area contributed by atoms with Gasteiger partial charge in [0.15, 0.2) is 0 Å². The van der Waals surface area contributed by atoms with Gasteiger partial charge in [0.05, 0.1) is 0 Å². The van der Waals surface area contributed by atoms with Crippen LogP contribution < -0.4 is 5.73 Å². The zero-order valence-electron chi connectivity index (χ0n) is 9.30. The van der Waals surface area contributed by atoms with Gasteiger partial charge in [0, 0.05) is 32.3 Å². The van der Waals surface area contributed by atoms with Gasteiger partial charge >= 0.3 is 6.18 Å². The van der Waals surface area contributed by atoms with E-state index in [0.29, 0.717) is 19.0 Å². The Hall–Kier alpha value is -0.330. The molecule has 0 bridgehead atoms. The van der Waals surface area contributed by atoms with Crippen LogP contribution in [0.15, 0.2) is 0 Å². The number of halogens is 3. The molecule has 0 amide bonds. The lowest BCUT2D eigenvalue weighted by Crippen LogP contribution is -2.33. The van der Waals surface area contributed by atoms with Crippen molar-refractivity contribution < 1.29 is 17.9 Å². The van der Waals surface area contributed by atoms with E-state index in [0.717, 1.165) is 13.1 Å². The second-order valence-electron chi connectivity index (χ2n) is 4.08. The Balaban J connectivity index is 2.00. The van der Waals surface area contributed by atoms with E-state index in [4.69, 9.17) is 5.73 Å². The molecule has 1 fully saturated rings. The van der Waals surface area contributed by atoms with Gasteiger partial charge in [0.2, 0.25) is 0 Å². The summed E-state index contributed by atoms with van der Waals surface area (Å²) in [5, 5.41) is 0. The molecule has 0 radical (unpaired) electrons.